The maximum atomic E-state index is 13.3. The zero-order valence-electron chi connectivity index (χ0n) is 19.7. The van der Waals surface area contributed by atoms with Gasteiger partial charge in [0.1, 0.15) is 5.76 Å². The van der Waals surface area contributed by atoms with Gasteiger partial charge >= 0.3 is 5.97 Å². The second kappa shape index (κ2) is 9.05. The van der Waals surface area contributed by atoms with Crippen LogP contribution in [-0.4, -0.2) is 17.8 Å². The van der Waals surface area contributed by atoms with Crippen molar-refractivity contribution in [3.05, 3.63) is 45.1 Å². The molecule has 0 aliphatic heterocycles. The molecule has 5 heteroatoms. The highest BCUT2D eigenvalue weighted by Crippen LogP contribution is 2.44. The lowest BCUT2D eigenvalue weighted by Crippen LogP contribution is -2.25. The van der Waals surface area contributed by atoms with Gasteiger partial charge < -0.3 is 4.74 Å². The van der Waals surface area contributed by atoms with Crippen LogP contribution in [0.5, 0.6) is 0 Å². The van der Waals surface area contributed by atoms with Crippen molar-refractivity contribution in [2.45, 2.75) is 86.1 Å². The van der Waals surface area contributed by atoms with Crippen molar-refractivity contribution in [2.24, 2.45) is 22.4 Å². The quantitative estimate of drug-likeness (QED) is 0.415. The van der Waals surface area contributed by atoms with E-state index in [0.717, 1.165) is 54.4 Å². The molecular weight excluding hydrogens is 390 g/mol. The Bertz CT molecular complexity index is 891. The van der Waals surface area contributed by atoms with Crippen LogP contribution in [0.1, 0.15) is 81.5 Å². The number of rotatable bonds is 5. The Morgan fingerprint density at radius 3 is 2.16 bits per heavy atom. The Kier molecular flexibility index (Phi) is 6.82. The van der Waals surface area contributed by atoms with Crippen LogP contribution in [0.25, 0.3) is 5.57 Å². The molecule has 5 nitrogen and oxygen atoms in total. The first-order valence-corrected chi connectivity index (χ1v) is 11.4. The molecule has 1 unspecified atom stereocenters. The maximum absolute atomic E-state index is 13.3. The summed E-state index contributed by atoms with van der Waals surface area (Å²) >= 11 is 0. The lowest BCUT2D eigenvalue weighted by Gasteiger charge is -2.28. The van der Waals surface area contributed by atoms with Gasteiger partial charge in [0, 0.05) is 12.3 Å². The summed E-state index contributed by atoms with van der Waals surface area (Å²) in [6, 6.07) is 4.07. The molecule has 0 aromatic heterocycles. The molecule has 1 aromatic carbocycles. The summed E-state index contributed by atoms with van der Waals surface area (Å²) in [5, 5.41) is 3.20. The van der Waals surface area contributed by atoms with Crippen molar-refractivity contribution in [3.8, 4) is 0 Å². The molecule has 168 valence electrons. The van der Waals surface area contributed by atoms with E-state index in [9.17, 15) is 14.5 Å². The van der Waals surface area contributed by atoms with Gasteiger partial charge in [-0.2, -0.15) is 4.91 Å². The fourth-order valence-electron chi connectivity index (χ4n) is 5.06. The molecule has 1 fully saturated rings. The topological polar surface area (TPSA) is 72.8 Å². The number of esters is 1. The average molecular weight is 426 g/mol. The number of benzene rings is 1. The fraction of sp³-hybridized carbons (Fsp3) is 0.615. The number of ether oxygens (including phenoxy) is 1. The van der Waals surface area contributed by atoms with E-state index in [4.69, 9.17) is 4.74 Å². The van der Waals surface area contributed by atoms with Crippen molar-refractivity contribution in [3.63, 3.8) is 0 Å². The van der Waals surface area contributed by atoms with Gasteiger partial charge in [-0.1, -0.05) is 22.9 Å². The van der Waals surface area contributed by atoms with E-state index in [-0.39, 0.29) is 23.7 Å². The molecule has 1 aromatic rings. The molecule has 31 heavy (non-hydrogen) atoms. The minimum Gasteiger partial charge on any atom is -0.430 e. The minimum atomic E-state index is -0.653. The molecule has 0 heterocycles. The molecule has 1 saturated carbocycles. The number of carbonyl (C=O) groups excluding carboxylic acids is 2. The summed E-state index contributed by atoms with van der Waals surface area (Å²) in [4.78, 5) is 36.9. The Morgan fingerprint density at radius 2 is 1.65 bits per heavy atom. The molecule has 0 spiro atoms. The SMILES string of the molecule is Cc1cc(C)c(C2=C(OC(=O)C(C)(C)C)C(CC3CCC(N=O)CC3)CC2=O)c(C)c1. The summed E-state index contributed by atoms with van der Waals surface area (Å²) in [7, 11) is 0. The number of hydrogen-bond acceptors (Lipinski definition) is 5. The van der Waals surface area contributed by atoms with Gasteiger partial charge in [0.2, 0.25) is 0 Å². The number of allylic oxidation sites excluding steroid dienone is 2. The Morgan fingerprint density at radius 1 is 1.06 bits per heavy atom. The molecule has 2 aliphatic rings. The van der Waals surface area contributed by atoms with Gasteiger partial charge in [-0.25, -0.2) is 0 Å². The number of ketones is 1. The van der Waals surface area contributed by atoms with Crippen molar-refractivity contribution in [2.75, 3.05) is 0 Å². The number of carbonyl (C=O) groups is 2. The molecule has 0 bridgehead atoms. The standard InChI is InChI=1S/C26H35NO4/c1-15-11-16(2)22(17(3)12-15)23-21(28)14-19(24(23)31-25(29)26(4,5)6)13-18-7-9-20(27-30)10-8-18/h11-12,18-20H,7-10,13-14H2,1-6H3. The van der Waals surface area contributed by atoms with Crippen molar-refractivity contribution in [1.82, 2.24) is 0 Å². The Balaban J connectivity index is 1.99. The Labute approximate surface area is 185 Å². The highest BCUT2D eigenvalue weighted by Gasteiger charge is 2.40. The van der Waals surface area contributed by atoms with Crippen molar-refractivity contribution < 1.29 is 14.3 Å². The molecular formula is C26H35NO4. The third-order valence-corrected chi connectivity index (χ3v) is 6.65. The summed E-state index contributed by atoms with van der Waals surface area (Å²) in [5.41, 5.74) is 4.05. The van der Waals surface area contributed by atoms with E-state index in [1.807, 2.05) is 41.5 Å². The summed E-state index contributed by atoms with van der Waals surface area (Å²) in [6.07, 6.45) is 4.65. The third kappa shape index (κ3) is 5.13. The molecule has 0 amide bonds. The third-order valence-electron chi connectivity index (χ3n) is 6.65. The van der Waals surface area contributed by atoms with Crippen LogP contribution < -0.4 is 0 Å². The number of hydrogen-bond donors (Lipinski definition) is 0. The zero-order valence-corrected chi connectivity index (χ0v) is 19.7. The molecule has 0 radical (unpaired) electrons. The van der Waals surface area contributed by atoms with E-state index in [1.54, 1.807) is 0 Å². The molecule has 2 aliphatic carbocycles. The number of Topliss-reactive ketones (excluding diaryl/α,β-unsaturated/α-hetero) is 1. The van der Waals surface area contributed by atoms with Gasteiger partial charge in [-0.15, -0.1) is 0 Å². The first kappa shape index (κ1) is 23.4. The van der Waals surface area contributed by atoms with Crippen molar-refractivity contribution in [1.29, 1.82) is 0 Å². The first-order chi connectivity index (χ1) is 14.5. The molecule has 0 N–H and O–H groups in total. The molecule has 0 saturated heterocycles. The smallest absolute Gasteiger partial charge is 0.316 e. The van der Waals surface area contributed by atoms with Gasteiger partial charge in [-0.05, 0) is 96.3 Å². The summed E-state index contributed by atoms with van der Waals surface area (Å²) in [5.74, 6) is 0.616. The summed E-state index contributed by atoms with van der Waals surface area (Å²) < 4.78 is 6.00. The van der Waals surface area contributed by atoms with Crippen LogP contribution in [-0.2, 0) is 14.3 Å². The Hall–Kier alpha value is -2.30. The van der Waals surface area contributed by atoms with E-state index < -0.39 is 5.41 Å². The molecule has 3 rings (SSSR count). The van der Waals surface area contributed by atoms with E-state index in [0.29, 0.717) is 23.7 Å². The number of nitroso groups, excluding NO2 is 1. The van der Waals surface area contributed by atoms with Crippen LogP contribution in [0.15, 0.2) is 23.1 Å². The van der Waals surface area contributed by atoms with Crippen LogP contribution in [0.2, 0.25) is 0 Å². The van der Waals surface area contributed by atoms with E-state index >= 15 is 0 Å². The predicted molar refractivity (Wildman–Crippen MR) is 122 cm³/mol. The monoisotopic (exact) mass is 425 g/mol. The largest absolute Gasteiger partial charge is 0.430 e. The fourth-order valence-corrected chi connectivity index (χ4v) is 5.06. The minimum absolute atomic E-state index is 0.0556. The van der Waals surface area contributed by atoms with Crippen LogP contribution >= 0.6 is 0 Å². The number of aryl methyl sites for hydroxylation is 3. The van der Waals surface area contributed by atoms with Gasteiger partial charge in [-0.3, -0.25) is 9.59 Å². The summed E-state index contributed by atoms with van der Waals surface area (Å²) in [6.45, 7) is 11.6. The van der Waals surface area contributed by atoms with Crippen molar-refractivity contribution >= 4 is 17.3 Å². The highest BCUT2D eigenvalue weighted by atomic mass is 16.5. The second-order valence-corrected chi connectivity index (χ2v) is 10.5. The average Bonchev–Trinajstić information content (AvgIpc) is 2.96. The highest BCUT2D eigenvalue weighted by molar-refractivity contribution is 6.24. The van der Waals surface area contributed by atoms with Gasteiger partial charge in [0.05, 0.1) is 17.0 Å². The lowest BCUT2D eigenvalue weighted by molar-refractivity contribution is -0.149. The maximum Gasteiger partial charge on any atom is 0.316 e. The first-order valence-electron chi connectivity index (χ1n) is 11.4. The van der Waals surface area contributed by atoms with E-state index in [2.05, 4.69) is 17.3 Å². The zero-order chi connectivity index (χ0) is 22.9. The van der Waals surface area contributed by atoms with Gasteiger partial charge in [0.15, 0.2) is 5.78 Å². The normalized spacial score (nSPS) is 24.5. The molecule has 1 atom stereocenters. The predicted octanol–water partition coefficient (Wildman–Crippen LogP) is 6.22. The van der Waals surface area contributed by atoms with Crippen LogP contribution in [0.4, 0.5) is 0 Å². The lowest BCUT2D eigenvalue weighted by atomic mass is 9.80. The second-order valence-electron chi connectivity index (χ2n) is 10.5. The van der Waals surface area contributed by atoms with Crippen LogP contribution in [0.3, 0.4) is 0 Å². The van der Waals surface area contributed by atoms with E-state index in [1.165, 1.54) is 0 Å². The van der Waals surface area contributed by atoms with Gasteiger partial charge in [0.25, 0.3) is 0 Å². The van der Waals surface area contributed by atoms with Crippen LogP contribution in [0, 0.1) is 42.9 Å². The number of nitrogens with zero attached hydrogens (tertiary/aromatic N) is 1.